The summed E-state index contributed by atoms with van der Waals surface area (Å²) in [5.74, 6) is -0.344. The molecular formula is C14H17FN2O3S. The van der Waals surface area contributed by atoms with E-state index in [4.69, 9.17) is 5.14 Å². The zero-order valence-corrected chi connectivity index (χ0v) is 12.2. The van der Waals surface area contributed by atoms with Gasteiger partial charge in [-0.25, -0.2) is 17.9 Å². The van der Waals surface area contributed by atoms with Crippen LogP contribution in [0.25, 0.3) is 0 Å². The number of nitrogens with one attached hydrogen (secondary N) is 1. The Balaban J connectivity index is 1.78. The zero-order chi connectivity index (χ0) is 15.2. The summed E-state index contributed by atoms with van der Waals surface area (Å²) in [5, 5.41) is 7.83. The first-order chi connectivity index (χ1) is 9.86. The third-order valence-electron chi connectivity index (χ3n) is 4.07. The molecule has 0 bridgehead atoms. The minimum absolute atomic E-state index is 0.120. The van der Waals surface area contributed by atoms with Crippen LogP contribution in [0.5, 0.6) is 0 Å². The van der Waals surface area contributed by atoms with Crippen molar-refractivity contribution in [3.63, 3.8) is 0 Å². The molecule has 114 valence electrons. The lowest BCUT2D eigenvalue weighted by Gasteiger charge is -2.18. The van der Waals surface area contributed by atoms with Gasteiger partial charge >= 0.3 is 0 Å². The van der Waals surface area contributed by atoms with Crippen molar-refractivity contribution in [1.29, 1.82) is 0 Å². The monoisotopic (exact) mass is 312 g/mol. The van der Waals surface area contributed by atoms with E-state index in [1.54, 1.807) is 0 Å². The van der Waals surface area contributed by atoms with E-state index in [0.29, 0.717) is 11.8 Å². The normalized spacial score (nSPS) is 18.8. The molecule has 5 nitrogen and oxygen atoms in total. The number of rotatable bonds is 5. The van der Waals surface area contributed by atoms with E-state index < -0.39 is 21.7 Å². The minimum atomic E-state index is -3.97. The fraction of sp³-hybridized carbons (Fsp3) is 0.500. The second-order valence-corrected chi connectivity index (χ2v) is 7.42. The highest BCUT2D eigenvalue weighted by atomic mass is 32.2. The molecule has 0 aliphatic heterocycles. The number of hydrogen-bond donors (Lipinski definition) is 2. The second kappa shape index (κ2) is 5.06. The average Bonchev–Trinajstić information content (AvgIpc) is 3.27. The maximum Gasteiger partial charge on any atom is 0.254 e. The number of benzene rings is 1. The van der Waals surface area contributed by atoms with Crippen LogP contribution in [0.3, 0.4) is 0 Å². The maximum absolute atomic E-state index is 13.9. The van der Waals surface area contributed by atoms with Gasteiger partial charge < -0.3 is 5.32 Å². The molecule has 1 aromatic rings. The Labute approximate surface area is 122 Å². The van der Waals surface area contributed by atoms with Gasteiger partial charge in [0.2, 0.25) is 10.0 Å². The number of carbonyl (C=O) groups excluding carboxylic acids is 1. The summed E-state index contributed by atoms with van der Waals surface area (Å²) < 4.78 is 36.2. The molecule has 3 rings (SSSR count). The van der Waals surface area contributed by atoms with Crippen LogP contribution in [0.2, 0.25) is 0 Å². The molecule has 2 aliphatic carbocycles. The molecule has 21 heavy (non-hydrogen) atoms. The molecular weight excluding hydrogens is 295 g/mol. The van der Waals surface area contributed by atoms with E-state index in [1.807, 2.05) is 0 Å². The fourth-order valence-corrected chi connectivity index (χ4v) is 3.14. The van der Waals surface area contributed by atoms with Crippen molar-refractivity contribution in [2.24, 2.45) is 17.0 Å². The maximum atomic E-state index is 13.9. The van der Waals surface area contributed by atoms with Crippen LogP contribution < -0.4 is 10.5 Å². The molecule has 0 radical (unpaired) electrons. The summed E-state index contributed by atoms with van der Waals surface area (Å²) >= 11 is 0. The van der Waals surface area contributed by atoms with Gasteiger partial charge in [-0.2, -0.15) is 0 Å². The summed E-state index contributed by atoms with van der Waals surface area (Å²) in [6, 6.07) is 3.22. The Kier molecular flexibility index (Phi) is 3.49. The third kappa shape index (κ3) is 3.24. The second-order valence-electron chi connectivity index (χ2n) is 5.86. The number of nitrogens with two attached hydrogens (primary N) is 1. The van der Waals surface area contributed by atoms with Gasteiger partial charge in [0.05, 0.1) is 10.5 Å². The molecule has 2 saturated carbocycles. The number of hydrogen-bond acceptors (Lipinski definition) is 3. The first-order valence-corrected chi connectivity index (χ1v) is 8.54. The van der Waals surface area contributed by atoms with E-state index >= 15 is 0 Å². The van der Waals surface area contributed by atoms with E-state index in [-0.39, 0.29) is 16.5 Å². The quantitative estimate of drug-likeness (QED) is 0.861. The lowest BCUT2D eigenvalue weighted by molar-refractivity contribution is 0.0922. The predicted molar refractivity (Wildman–Crippen MR) is 74.5 cm³/mol. The molecule has 0 atom stereocenters. The molecule has 0 aromatic heterocycles. The Morgan fingerprint density at radius 2 is 1.81 bits per heavy atom. The smallest absolute Gasteiger partial charge is 0.254 e. The fourth-order valence-electron chi connectivity index (χ4n) is 2.62. The first kappa shape index (κ1) is 14.5. The van der Waals surface area contributed by atoms with Crippen molar-refractivity contribution in [3.05, 3.63) is 29.6 Å². The highest BCUT2D eigenvalue weighted by Crippen LogP contribution is 2.44. The van der Waals surface area contributed by atoms with E-state index in [2.05, 4.69) is 5.32 Å². The van der Waals surface area contributed by atoms with Crippen LogP contribution in [-0.4, -0.2) is 20.4 Å². The standard InChI is InChI=1S/C14H17FN2O3S/c15-12-7-10(21(16,19)20)5-6-11(12)14(18)17-13(8-1-2-8)9-3-4-9/h5-9,13H,1-4H2,(H,17,18)(H2,16,19,20). The van der Waals surface area contributed by atoms with Gasteiger partial charge in [-0.3, -0.25) is 4.79 Å². The predicted octanol–water partition coefficient (Wildman–Crippen LogP) is 1.39. The van der Waals surface area contributed by atoms with Crippen LogP contribution >= 0.6 is 0 Å². The molecule has 7 heteroatoms. The summed E-state index contributed by atoms with van der Waals surface area (Å²) in [6.07, 6.45) is 4.42. The Morgan fingerprint density at radius 1 is 1.24 bits per heavy atom. The van der Waals surface area contributed by atoms with Gasteiger partial charge in [0.25, 0.3) is 5.91 Å². The number of carbonyl (C=O) groups is 1. The number of primary sulfonamides is 1. The van der Waals surface area contributed by atoms with Gasteiger partial charge in [-0.15, -0.1) is 0 Å². The van der Waals surface area contributed by atoms with Gasteiger partial charge in [0.15, 0.2) is 0 Å². The van der Waals surface area contributed by atoms with Crippen molar-refractivity contribution < 1.29 is 17.6 Å². The van der Waals surface area contributed by atoms with Crippen LogP contribution in [-0.2, 0) is 10.0 Å². The van der Waals surface area contributed by atoms with Crippen molar-refractivity contribution in [1.82, 2.24) is 5.32 Å². The Hall–Kier alpha value is -1.47. The topological polar surface area (TPSA) is 89.3 Å². The molecule has 0 spiro atoms. The molecule has 2 fully saturated rings. The molecule has 3 N–H and O–H groups in total. The molecule has 0 heterocycles. The molecule has 1 aromatic carbocycles. The molecule has 1 amide bonds. The summed E-state index contributed by atoms with van der Waals surface area (Å²) in [7, 11) is -3.97. The minimum Gasteiger partial charge on any atom is -0.349 e. The molecule has 2 aliphatic rings. The Bertz CT molecular complexity index is 669. The van der Waals surface area contributed by atoms with Crippen LogP contribution in [0.1, 0.15) is 36.0 Å². The van der Waals surface area contributed by atoms with Crippen molar-refractivity contribution in [2.75, 3.05) is 0 Å². The van der Waals surface area contributed by atoms with E-state index in [0.717, 1.165) is 37.8 Å². The molecule has 0 saturated heterocycles. The van der Waals surface area contributed by atoms with Crippen LogP contribution in [0.15, 0.2) is 23.1 Å². The summed E-state index contributed by atoms with van der Waals surface area (Å²) in [6.45, 7) is 0. The number of amides is 1. The third-order valence-corrected chi connectivity index (χ3v) is 4.98. The van der Waals surface area contributed by atoms with Gasteiger partial charge in [0.1, 0.15) is 5.82 Å². The SMILES string of the molecule is NS(=O)(=O)c1ccc(C(=O)NC(C2CC2)C2CC2)c(F)c1. The zero-order valence-electron chi connectivity index (χ0n) is 11.4. The highest BCUT2D eigenvalue weighted by molar-refractivity contribution is 7.89. The van der Waals surface area contributed by atoms with Crippen molar-refractivity contribution in [2.45, 2.75) is 36.6 Å². The summed E-state index contributed by atoms with van der Waals surface area (Å²) in [5.41, 5.74) is -0.145. The van der Waals surface area contributed by atoms with Gasteiger partial charge in [-0.1, -0.05) is 0 Å². The van der Waals surface area contributed by atoms with Crippen molar-refractivity contribution >= 4 is 15.9 Å². The van der Waals surface area contributed by atoms with E-state index in [9.17, 15) is 17.6 Å². The van der Waals surface area contributed by atoms with Crippen LogP contribution in [0, 0.1) is 17.7 Å². The lowest BCUT2D eigenvalue weighted by atomic mass is 10.1. The largest absolute Gasteiger partial charge is 0.349 e. The first-order valence-electron chi connectivity index (χ1n) is 6.99. The van der Waals surface area contributed by atoms with E-state index in [1.165, 1.54) is 6.07 Å². The van der Waals surface area contributed by atoms with Crippen molar-refractivity contribution in [3.8, 4) is 0 Å². The Morgan fingerprint density at radius 3 is 2.24 bits per heavy atom. The number of halogens is 1. The van der Waals surface area contributed by atoms with Gasteiger partial charge in [-0.05, 0) is 55.7 Å². The van der Waals surface area contributed by atoms with Crippen LogP contribution in [0.4, 0.5) is 4.39 Å². The average molecular weight is 312 g/mol. The lowest BCUT2D eigenvalue weighted by Crippen LogP contribution is -2.38. The van der Waals surface area contributed by atoms with Gasteiger partial charge in [0, 0.05) is 6.04 Å². The highest BCUT2D eigenvalue weighted by Gasteiger charge is 2.42. The summed E-state index contributed by atoms with van der Waals surface area (Å²) in [4.78, 5) is 11.8. The molecule has 0 unspecified atom stereocenters. The number of sulfonamides is 1.